The maximum Gasteiger partial charge on any atom is 0.343 e. The Morgan fingerprint density at radius 2 is 0.879 bits per heavy atom. The molecule has 7 rings (SSSR count). The first-order valence-corrected chi connectivity index (χ1v) is 19.8. The molecule has 6 aromatic rings. The highest BCUT2D eigenvalue weighted by Crippen LogP contribution is 2.33. The molecule has 0 aromatic heterocycles. The molecule has 0 radical (unpaired) electrons. The van der Waals surface area contributed by atoms with Crippen molar-refractivity contribution in [2.24, 2.45) is 10.2 Å². The van der Waals surface area contributed by atoms with Gasteiger partial charge in [0.25, 0.3) is 0 Å². The van der Waals surface area contributed by atoms with Crippen molar-refractivity contribution in [3.05, 3.63) is 199 Å². The molecule has 58 heavy (non-hydrogen) atoms. The van der Waals surface area contributed by atoms with Gasteiger partial charge in [-0.15, -0.1) is 23.5 Å². The number of azide groups is 2. The normalized spacial score (nSPS) is 11.4. The van der Waals surface area contributed by atoms with Gasteiger partial charge in [-0.2, -0.15) is 0 Å². The first-order valence-electron chi connectivity index (χ1n) is 17.8. The van der Waals surface area contributed by atoms with Crippen molar-refractivity contribution in [3.63, 3.8) is 0 Å². The van der Waals surface area contributed by atoms with Crippen LogP contribution < -0.4 is 9.47 Å². The standard InChI is InChI=1S/C44H30N6O6S2/c45-49-47-31-9-15-35(16-10-31)57-23-21-27-1-5-29(6-2-27)43(53)55-33-13-19-37-39(25-33)41(51)38-20-14-34(26-40(38)42(37)52)56-44(54)30-7-3-28(4-8-30)22-24-58-36-17-11-32(12-18-36)48-50-46/h1-20,25-26H,21-24H2. The van der Waals surface area contributed by atoms with E-state index in [2.05, 4.69) is 20.1 Å². The zero-order chi connectivity index (χ0) is 40.4. The zero-order valence-corrected chi connectivity index (χ0v) is 32.1. The van der Waals surface area contributed by atoms with Gasteiger partial charge in [-0.25, -0.2) is 9.59 Å². The van der Waals surface area contributed by atoms with Crippen LogP contribution in [-0.2, 0) is 12.8 Å². The van der Waals surface area contributed by atoms with Crippen LogP contribution in [0.15, 0.2) is 153 Å². The summed E-state index contributed by atoms with van der Waals surface area (Å²) < 4.78 is 11.2. The van der Waals surface area contributed by atoms with E-state index >= 15 is 0 Å². The lowest BCUT2D eigenvalue weighted by Gasteiger charge is -2.19. The molecule has 0 saturated heterocycles. The number of hydrogen-bond acceptors (Lipinski definition) is 10. The van der Waals surface area contributed by atoms with Gasteiger partial charge in [0.05, 0.1) is 11.1 Å². The Bertz CT molecular complexity index is 2450. The van der Waals surface area contributed by atoms with E-state index in [0.29, 0.717) is 22.5 Å². The number of carbonyl (C=O) groups excluding carboxylic acids is 4. The van der Waals surface area contributed by atoms with Crippen molar-refractivity contribution in [3.8, 4) is 11.5 Å². The van der Waals surface area contributed by atoms with Gasteiger partial charge in [-0.1, -0.05) is 58.8 Å². The summed E-state index contributed by atoms with van der Waals surface area (Å²) in [7, 11) is 0. The smallest absolute Gasteiger partial charge is 0.343 e. The maximum atomic E-state index is 13.6. The van der Waals surface area contributed by atoms with Gasteiger partial charge in [-0.3, -0.25) is 9.59 Å². The molecule has 0 N–H and O–H groups in total. The molecule has 1 aliphatic carbocycles. The predicted molar refractivity (Wildman–Crippen MR) is 222 cm³/mol. The summed E-state index contributed by atoms with van der Waals surface area (Å²) in [5.74, 6) is -0.215. The Morgan fingerprint density at radius 3 is 1.24 bits per heavy atom. The van der Waals surface area contributed by atoms with Crippen molar-refractivity contribution in [2.45, 2.75) is 22.6 Å². The van der Waals surface area contributed by atoms with Crippen LogP contribution in [0.25, 0.3) is 20.9 Å². The second-order valence-electron chi connectivity index (χ2n) is 12.8. The first kappa shape index (κ1) is 39.2. The third-order valence-electron chi connectivity index (χ3n) is 9.07. The van der Waals surface area contributed by atoms with E-state index < -0.39 is 23.5 Å². The fourth-order valence-electron chi connectivity index (χ4n) is 6.08. The van der Waals surface area contributed by atoms with E-state index in [1.54, 1.807) is 72.1 Å². The SMILES string of the molecule is [N-]=[N+]=Nc1ccc(SCCc2ccc(C(=O)Oc3ccc4c(c3)C(=O)c3ccc(OC(=O)c5ccc(CCSc6ccc(N=[N+]=[N-])cc6)cc5)cc3C4=O)cc2)cc1. The van der Waals surface area contributed by atoms with E-state index in [1.165, 1.54) is 36.4 Å². The van der Waals surface area contributed by atoms with Gasteiger partial charge in [0, 0.05) is 64.7 Å². The Kier molecular flexibility index (Phi) is 12.3. The third kappa shape index (κ3) is 9.47. The highest BCUT2D eigenvalue weighted by molar-refractivity contribution is 7.99. The molecule has 0 bridgehead atoms. The molecule has 0 saturated carbocycles. The number of thioether (sulfide) groups is 2. The van der Waals surface area contributed by atoms with E-state index in [4.69, 9.17) is 20.5 Å². The molecule has 12 nitrogen and oxygen atoms in total. The van der Waals surface area contributed by atoms with Crippen LogP contribution in [0.2, 0.25) is 0 Å². The highest BCUT2D eigenvalue weighted by Gasteiger charge is 2.31. The summed E-state index contributed by atoms with van der Waals surface area (Å²) in [5, 5.41) is 7.15. The molecule has 284 valence electrons. The summed E-state index contributed by atoms with van der Waals surface area (Å²) in [6, 6.07) is 37.4. The molecule has 14 heteroatoms. The Hall–Kier alpha value is -7.08. The fraction of sp³-hybridized carbons (Fsp3) is 0.0909. The number of ketones is 2. The van der Waals surface area contributed by atoms with E-state index in [-0.39, 0.29) is 33.8 Å². The van der Waals surface area contributed by atoms with Gasteiger partial charge in [0.2, 0.25) is 0 Å². The summed E-state index contributed by atoms with van der Waals surface area (Å²) in [4.78, 5) is 60.8. The third-order valence-corrected chi connectivity index (χ3v) is 11.1. The monoisotopic (exact) mass is 802 g/mol. The number of nitrogens with zero attached hydrogens (tertiary/aromatic N) is 6. The average Bonchev–Trinajstić information content (AvgIpc) is 3.24. The lowest BCUT2D eigenvalue weighted by molar-refractivity contribution is 0.0724. The minimum absolute atomic E-state index is 0.106. The second-order valence-corrected chi connectivity index (χ2v) is 15.1. The number of hydrogen-bond donors (Lipinski definition) is 0. The lowest BCUT2D eigenvalue weighted by atomic mass is 9.84. The summed E-state index contributed by atoms with van der Waals surface area (Å²) in [5.41, 5.74) is 21.5. The molecule has 0 fully saturated rings. The van der Waals surface area contributed by atoms with Gasteiger partial charge in [0.15, 0.2) is 11.6 Å². The number of ether oxygens (including phenoxy) is 2. The van der Waals surface area contributed by atoms with Crippen LogP contribution in [0, 0.1) is 0 Å². The van der Waals surface area contributed by atoms with Crippen molar-refractivity contribution in [1.29, 1.82) is 0 Å². The van der Waals surface area contributed by atoms with Crippen LogP contribution in [0.4, 0.5) is 11.4 Å². The molecular weight excluding hydrogens is 773 g/mol. The van der Waals surface area contributed by atoms with Crippen molar-refractivity contribution < 1.29 is 28.7 Å². The Morgan fingerprint density at radius 1 is 0.500 bits per heavy atom. The number of fused-ring (bicyclic) bond motifs is 2. The van der Waals surface area contributed by atoms with Crippen molar-refractivity contribution >= 4 is 58.4 Å². The largest absolute Gasteiger partial charge is 0.423 e. The molecule has 0 atom stereocenters. The summed E-state index contributed by atoms with van der Waals surface area (Å²) >= 11 is 3.32. The Labute approximate surface area is 340 Å². The average molecular weight is 803 g/mol. The topological polar surface area (TPSA) is 184 Å². The zero-order valence-electron chi connectivity index (χ0n) is 30.5. The van der Waals surface area contributed by atoms with E-state index in [9.17, 15) is 19.2 Å². The number of aryl methyl sites for hydroxylation is 2. The van der Waals surface area contributed by atoms with Gasteiger partial charge < -0.3 is 9.47 Å². The quantitative estimate of drug-likeness (QED) is 0.0259. The summed E-state index contributed by atoms with van der Waals surface area (Å²) in [6.07, 6.45) is 1.53. The van der Waals surface area contributed by atoms with E-state index in [1.807, 2.05) is 48.5 Å². The van der Waals surface area contributed by atoms with Gasteiger partial charge >= 0.3 is 11.9 Å². The maximum absolute atomic E-state index is 13.6. The number of benzene rings is 6. The lowest BCUT2D eigenvalue weighted by Crippen LogP contribution is -2.21. The molecule has 0 unspecified atom stereocenters. The van der Waals surface area contributed by atoms with Crippen LogP contribution in [-0.4, -0.2) is 35.0 Å². The molecular formula is C44H30N6O6S2. The molecule has 6 aromatic carbocycles. The first-order chi connectivity index (χ1) is 28.3. The minimum atomic E-state index is -0.608. The predicted octanol–water partition coefficient (Wildman–Crippen LogP) is 11.5. The molecule has 1 aliphatic rings. The van der Waals surface area contributed by atoms with Crippen LogP contribution >= 0.6 is 23.5 Å². The number of carbonyl (C=O) groups is 4. The van der Waals surface area contributed by atoms with Gasteiger partial charge in [0.1, 0.15) is 11.5 Å². The molecule has 0 spiro atoms. The highest BCUT2D eigenvalue weighted by atomic mass is 32.2. The van der Waals surface area contributed by atoms with Gasteiger partial charge in [-0.05, 0) is 120 Å². The van der Waals surface area contributed by atoms with Crippen LogP contribution in [0.1, 0.15) is 63.7 Å². The fourth-order valence-corrected chi connectivity index (χ4v) is 7.88. The molecule has 0 amide bonds. The Balaban J connectivity index is 0.920. The minimum Gasteiger partial charge on any atom is -0.423 e. The summed E-state index contributed by atoms with van der Waals surface area (Å²) in [6.45, 7) is 0. The van der Waals surface area contributed by atoms with Crippen molar-refractivity contribution in [2.75, 3.05) is 11.5 Å². The van der Waals surface area contributed by atoms with Crippen molar-refractivity contribution in [1.82, 2.24) is 0 Å². The number of esters is 2. The van der Waals surface area contributed by atoms with E-state index in [0.717, 1.165) is 45.3 Å². The number of rotatable bonds is 14. The molecule has 0 heterocycles. The molecule has 0 aliphatic heterocycles. The van der Waals surface area contributed by atoms with Crippen LogP contribution in [0.5, 0.6) is 11.5 Å². The second kappa shape index (κ2) is 18.2. The van der Waals surface area contributed by atoms with Crippen LogP contribution in [0.3, 0.4) is 0 Å².